The van der Waals surface area contributed by atoms with Crippen LogP contribution in [0.4, 0.5) is 0 Å². The molecule has 1 aliphatic carbocycles. The highest BCUT2D eigenvalue weighted by molar-refractivity contribution is 5.84. The molecule has 1 rings (SSSR count). The lowest BCUT2D eigenvalue weighted by atomic mass is 9.82. The van der Waals surface area contributed by atoms with Gasteiger partial charge in [0, 0.05) is 24.3 Å². The van der Waals surface area contributed by atoms with E-state index in [1.165, 1.54) is 0 Å². The van der Waals surface area contributed by atoms with Gasteiger partial charge in [0.2, 0.25) is 0 Å². The number of allylic oxidation sites excluding steroid dienone is 2. The molecule has 0 amide bonds. The molecule has 0 spiro atoms. The normalized spacial score (nSPS) is 16.0. The molecule has 1 aliphatic rings. The van der Waals surface area contributed by atoms with Gasteiger partial charge in [-0.3, -0.25) is 9.59 Å². The van der Waals surface area contributed by atoms with E-state index in [2.05, 4.69) is 26.3 Å². The van der Waals surface area contributed by atoms with Gasteiger partial charge in [-0.1, -0.05) is 52.3 Å². The SMILES string of the molecule is C=CC(=O)OCC(CC)(COC(=O)C=C)COC(=O)C1CC=CCC1C(=O)OCC(CC)(COC(=O)C=C)COC(=O)C=C. The van der Waals surface area contributed by atoms with E-state index in [1.54, 1.807) is 26.0 Å². The maximum Gasteiger partial charge on any atom is 0.330 e. The first kappa shape index (κ1) is 37.5. The Balaban J connectivity index is 3.06. The van der Waals surface area contributed by atoms with Crippen molar-refractivity contribution in [1.82, 2.24) is 0 Å². The van der Waals surface area contributed by atoms with E-state index in [-0.39, 0.29) is 52.5 Å². The highest BCUT2D eigenvalue weighted by Gasteiger charge is 2.41. The van der Waals surface area contributed by atoms with E-state index in [9.17, 15) is 28.8 Å². The standard InChI is InChI=1S/C32H42O12/c1-7-25(33)39-17-31(11-5,18-40-26(34)8-2)21-43-29(37)23-15-13-14-16-24(23)30(38)44-22-32(12-6,19-41-27(35)9-3)20-42-28(36)10-4/h7-10,13-14,23-24H,1-4,11-12,15-22H2,5-6H3. The van der Waals surface area contributed by atoms with Crippen LogP contribution < -0.4 is 0 Å². The molecule has 12 nitrogen and oxygen atoms in total. The van der Waals surface area contributed by atoms with Gasteiger partial charge >= 0.3 is 35.8 Å². The van der Waals surface area contributed by atoms with Crippen molar-refractivity contribution in [3.05, 3.63) is 62.8 Å². The second kappa shape index (κ2) is 18.9. The molecule has 0 saturated heterocycles. The summed E-state index contributed by atoms with van der Waals surface area (Å²) in [6.07, 6.45) is 8.41. The molecule has 12 heteroatoms. The molecule has 0 fully saturated rings. The zero-order valence-electron chi connectivity index (χ0n) is 25.4. The van der Waals surface area contributed by atoms with Gasteiger partial charge in [0.25, 0.3) is 0 Å². The highest BCUT2D eigenvalue weighted by Crippen LogP contribution is 2.32. The van der Waals surface area contributed by atoms with Crippen LogP contribution in [0.15, 0.2) is 62.8 Å². The third-order valence-corrected chi connectivity index (χ3v) is 7.33. The minimum Gasteiger partial charge on any atom is -0.465 e. The quantitative estimate of drug-likeness (QED) is 0.0849. The second-order valence-electron chi connectivity index (χ2n) is 10.3. The molecule has 0 bridgehead atoms. The number of rotatable bonds is 20. The molecule has 0 aromatic carbocycles. The molecule has 44 heavy (non-hydrogen) atoms. The predicted molar refractivity (Wildman–Crippen MR) is 157 cm³/mol. The Kier molecular flexibility index (Phi) is 16.2. The zero-order valence-corrected chi connectivity index (χ0v) is 25.4. The minimum absolute atomic E-state index is 0.196. The van der Waals surface area contributed by atoms with Crippen LogP contribution in [0.1, 0.15) is 39.5 Å². The summed E-state index contributed by atoms with van der Waals surface area (Å²) < 4.78 is 32.0. The molecule has 2 atom stereocenters. The fourth-order valence-corrected chi connectivity index (χ4v) is 3.99. The highest BCUT2D eigenvalue weighted by atomic mass is 16.6. The molecule has 242 valence electrons. The van der Waals surface area contributed by atoms with Gasteiger partial charge in [0.15, 0.2) is 0 Å². The number of carbonyl (C=O) groups is 6. The van der Waals surface area contributed by atoms with Gasteiger partial charge < -0.3 is 28.4 Å². The fourth-order valence-electron chi connectivity index (χ4n) is 3.99. The van der Waals surface area contributed by atoms with Gasteiger partial charge in [-0.05, 0) is 25.7 Å². The number of ether oxygens (including phenoxy) is 6. The third kappa shape index (κ3) is 12.0. The maximum absolute atomic E-state index is 13.3. The largest absolute Gasteiger partial charge is 0.465 e. The van der Waals surface area contributed by atoms with Crippen LogP contribution >= 0.6 is 0 Å². The summed E-state index contributed by atoms with van der Waals surface area (Å²) in [5.74, 6) is -6.00. The smallest absolute Gasteiger partial charge is 0.330 e. The summed E-state index contributed by atoms with van der Waals surface area (Å²) in [6.45, 7) is 15.4. The summed E-state index contributed by atoms with van der Waals surface area (Å²) in [7, 11) is 0. The predicted octanol–water partition coefficient (Wildman–Crippen LogP) is 3.36. The zero-order chi connectivity index (χ0) is 33.2. The van der Waals surface area contributed by atoms with Crippen LogP contribution in [0.2, 0.25) is 0 Å². The van der Waals surface area contributed by atoms with Gasteiger partial charge in [-0.2, -0.15) is 0 Å². The molecule has 0 aliphatic heterocycles. The van der Waals surface area contributed by atoms with Gasteiger partial charge in [-0.15, -0.1) is 0 Å². The first-order chi connectivity index (χ1) is 20.9. The van der Waals surface area contributed by atoms with Crippen LogP contribution in [-0.4, -0.2) is 75.5 Å². The molecular weight excluding hydrogens is 576 g/mol. The van der Waals surface area contributed by atoms with Crippen molar-refractivity contribution in [2.45, 2.75) is 39.5 Å². The lowest BCUT2D eigenvalue weighted by Crippen LogP contribution is -2.42. The topological polar surface area (TPSA) is 158 Å². The van der Waals surface area contributed by atoms with E-state index in [0.29, 0.717) is 12.8 Å². The summed E-state index contributed by atoms with van der Waals surface area (Å²) >= 11 is 0. The molecular formula is C32H42O12. The molecule has 0 heterocycles. The first-order valence-electron chi connectivity index (χ1n) is 14.1. The molecule has 0 radical (unpaired) electrons. The van der Waals surface area contributed by atoms with Crippen LogP contribution in [0.25, 0.3) is 0 Å². The van der Waals surface area contributed by atoms with Gasteiger partial charge in [0.05, 0.1) is 22.7 Å². The van der Waals surface area contributed by atoms with Crippen molar-refractivity contribution in [2.75, 3.05) is 39.6 Å². The molecule has 0 saturated carbocycles. The van der Waals surface area contributed by atoms with Gasteiger partial charge in [-0.25, -0.2) is 19.2 Å². The van der Waals surface area contributed by atoms with E-state index in [0.717, 1.165) is 24.3 Å². The van der Waals surface area contributed by atoms with Crippen LogP contribution in [0.3, 0.4) is 0 Å². The summed E-state index contributed by atoms with van der Waals surface area (Å²) in [4.78, 5) is 73.5. The van der Waals surface area contributed by atoms with Crippen molar-refractivity contribution in [1.29, 1.82) is 0 Å². The van der Waals surface area contributed by atoms with Gasteiger partial charge in [0.1, 0.15) is 39.6 Å². The number of hydrogen-bond acceptors (Lipinski definition) is 12. The Morgan fingerprint density at radius 1 is 0.545 bits per heavy atom. The van der Waals surface area contributed by atoms with Crippen molar-refractivity contribution in [3.63, 3.8) is 0 Å². The van der Waals surface area contributed by atoms with Crippen molar-refractivity contribution >= 4 is 35.8 Å². The first-order valence-corrected chi connectivity index (χ1v) is 14.1. The Bertz CT molecular complexity index is 984. The van der Waals surface area contributed by atoms with Crippen LogP contribution in [0, 0.1) is 22.7 Å². The van der Waals surface area contributed by atoms with Crippen LogP contribution in [-0.2, 0) is 57.2 Å². The lowest BCUT2D eigenvalue weighted by molar-refractivity contribution is -0.171. The third-order valence-electron chi connectivity index (χ3n) is 7.33. The second-order valence-corrected chi connectivity index (χ2v) is 10.3. The van der Waals surface area contributed by atoms with Crippen molar-refractivity contribution in [2.24, 2.45) is 22.7 Å². The molecule has 0 aromatic heterocycles. The van der Waals surface area contributed by atoms with Crippen molar-refractivity contribution in [3.8, 4) is 0 Å². The molecule has 0 N–H and O–H groups in total. The molecule has 2 unspecified atom stereocenters. The minimum atomic E-state index is -1.07. The monoisotopic (exact) mass is 618 g/mol. The summed E-state index contributed by atoms with van der Waals surface area (Å²) in [5.41, 5.74) is -2.14. The summed E-state index contributed by atoms with van der Waals surface area (Å²) in [6, 6.07) is 0. The van der Waals surface area contributed by atoms with E-state index < -0.39 is 58.5 Å². The number of carbonyl (C=O) groups excluding carboxylic acids is 6. The average Bonchev–Trinajstić information content (AvgIpc) is 3.06. The Morgan fingerprint density at radius 3 is 1.02 bits per heavy atom. The van der Waals surface area contributed by atoms with Crippen molar-refractivity contribution < 1.29 is 57.2 Å². The lowest BCUT2D eigenvalue weighted by Gasteiger charge is -2.33. The number of esters is 6. The van der Waals surface area contributed by atoms with Crippen LogP contribution in [0.5, 0.6) is 0 Å². The fraction of sp³-hybridized carbons (Fsp3) is 0.500. The van der Waals surface area contributed by atoms with E-state index >= 15 is 0 Å². The molecule has 0 aromatic rings. The Morgan fingerprint density at radius 2 is 0.795 bits per heavy atom. The Labute approximate surface area is 257 Å². The maximum atomic E-state index is 13.3. The summed E-state index contributed by atoms with van der Waals surface area (Å²) in [5, 5.41) is 0. The van der Waals surface area contributed by atoms with E-state index in [4.69, 9.17) is 28.4 Å². The average molecular weight is 619 g/mol. The number of hydrogen-bond donors (Lipinski definition) is 0. The Hall–Kier alpha value is -4.48. The van der Waals surface area contributed by atoms with E-state index in [1.807, 2.05) is 0 Å².